The number of rotatable bonds is 2. The molecular weight excluding hydrogens is 303 g/mol. The minimum absolute atomic E-state index is 0.239. The Morgan fingerprint density at radius 2 is 2.04 bits per heavy atom. The van der Waals surface area contributed by atoms with Crippen LogP contribution in [-0.4, -0.2) is 19.7 Å². The van der Waals surface area contributed by atoms with Crippen LogP contribution in [0.4, 0.5) is 4.39 Å². The molecule has 5 heteroatoms. The van der Waals surface area contributed by atoms with Crippen molar-refractivity contribution in [2.45, 2.75) is 19.4 Å². The molecule has 0 bridgehead atoms. The van der Waals surface area contributed by atoms with Crippen LogP contribution in [-0.2, 0) is 13.0 Å². The van der Waals surface area contributed by atoms with Crippen molar-refractivity contribution in [3.63, 3.8) is 0 Å². The first-order valence-electron chi connectivity index (χ1n) is 8.08. The Hall–Kier alpha value is -2.95. The Kier molecular flexibility index (Phi) is 2.82. The highest BCUT2D eigenvalue weighted by molar-refractivity contribution is 5.87. The fourth-order valence-corrected chi connectivity index (χ4v) is 3.55. The number of H-pyrrole nitrogens is 1. The lowest BCUT2D eigenvalue weighted by atomic mass is 10.0. The van der Waals surface area contributed by atoms with Crippen LogP contribution in [0.1, 0.15) is 12.2 Å². The van der Waals surface area contributed by atoms with Crippen LogP contribution in [0.3, 0.4) is 0 Å². The van der Waals surface area contributed by atoms with Gasteiger partial charge in [0.1, 0.15) is 11.6 Å². The summed E-state index contributed by atoms with van der Waals surface area (Å²) in [5.74, 6) is 0.841. The van der Waals surface area contributed by atoms with Crippen LogP contribution < -0.4 is 0 Å². The van der Waals surface area contributed by atoms with Crippen molar-refractivity contribution < 1.29 is 4.39 Å². The Morgan fingerprint density at radius 1 is 1.08 bits per heavy atom. The quantitative estimate of drug-likeness (QED) is 0.603. The maximum absolute atomic E-state index is 13.7. The third kappa shape index (κ3) is 1.98. The Morgan fingerprint density at radius 3 is 2.96 bits per heavy atom. The monoisotopic (exact) mass is 318 g/mol. The molecule has 4 aromatic rings. The number of nitrogens with zero attached hydrogens (tertiary/aromatic N) is 3. The summed E-state index contributed by atoms with van der Waals surface area (Å²) in [5.41, 5.74) is 4.83. The van der Waals surface area contributed by atoms with E-state index in [2.05, 4.69) is 26.9 Å². The van der Waals surface area contributed by atoms with Gasteiger partial charge in [-0.3, -0.25) is 5.10 Å². The maximum Gasteiger partial charge on any atom is 0.123 e. The molecule has 1 N–H and O–H groups in total. The van der Waals surface area contributed by atoms with Gasteiger partial charge in [-0.2, -0.15) is 5.10 Å². The highest BCUT2D eigenvalue weighted by Gasteiger charge is 2.23. The Labute approximate surface area is 138 Å². The van der Waals surface area contributed by atoms with Crippen molar-refractivity contribution >= 4 is 10.9 Å². The first-order valence-corrected chi connectivity index (χ1v) is 8.08. The number of aromatic nitrogens is 4. The van der Waals surface area contributed by atoms with E-state index in [9.17, 15) is 4.39 Å². The summed E-state index contributed by atoms with van der Waals surface area (Å²) in [4.78, 5) is 4.82. The Bertz CT molecular complexity index is 1060. The number of aromatic amines is 1. The number of nitrogens with one attached hydrogen (secondary N) is 1. The first-order chi connectivity index (χ1) is 11.8. The fraction of sp³-hybridized carbons (Fsp3) is 0.158. The smallest absolute Gasteiger partial charge is 0.123 e. The summed E-state index contributed by atoms with van der Waals surface area (Å²) >= 11 is 0. The van der Waals surface area contributed by atoms with Crippen molar-refractivity contribution in [1.29, 1.82) is 0 Å². The second-order valence-corrected chi connectivity index (χ2v) is 6.16. The Balaban J connectivity index is 1.77. The highest BCUT2D eigenvalue weighted by atomic mass is 19.1. The molecule has 4 nitrogen and oxygen atoms in total. The zero-order valence-electron chi connectivity index (χ0n) is 13.0. The number of imidazole rings is 1. The minimum Gasteiger partial charge on any atom is -0.327 e. The number of aryl methyl sites for hydroxylation is 1. The second-order valence-electron chi connectivity index (χ2n) is 6.16. The van der Waals surface area contributed by atoms with Crippen LogP contribution >= 0.6 is 0 Å². The molecule has 0 atom stereocenters. The first kappa shape index (κ1) is 13.5. The molecule has 0 unspecified atom stereocenters. The lowest BCUT2D eigenvalue weighted by molar-refractivity contribution is 0.628. The van der Waals surface area contributed by atoms with Crippen molar-refractivity contribution in [3.8, 4) is 22.5 Å². The van der Waals surface area contributed by atoms with Crippen LogP contribution in [0.5, 0.6) is 0 Å². The van der Waals surface area contributed by atoms with Gasteiger partial charge in [-0.1, -0.05) is 18.2 Å². The van der Waals surface area contributed by atoms with Crippen molar-refractivity contribution in [3.05, 3.63) is 60.3 Å². The number of halogens is 1. The third-order valence-corrected chi connectivity index (χ3v) is 4.64. The van der Waals surface area contributed by atoms with Crippen LogP contribution in [0, 0.1) is 5.82 Å². The molecule has 0 aliphatic carbocycles. The molecule has 0 saturated carbocycles. The van der Waals surface area contributed by atoms with Crippen LogP contribution in [0.2, 0.25) is 0 Å². The minimum atomic E-state index is -0.239. The SMILES string of the molecule is Fc1cccc(-c2nc3n(c2-c2ccc4[nH]ncc4c2)CCC3)c1. The molecule has 0 saturated heterocycles. The number of benzene rings is 2. The average molecular weight is 318 g/mol. The molecule has 2 aromatic heterocycles. The molecule has 0 fully saturated rings. The van der Waals surface area contributed by atoms with Crippen LogP contribution in [0.15, 0.2) is 48.7 Å². The number of hydrogen-bond donors (Lipinski definition) is 1. The van der Waals surface area contributed by atoms with Crippen LogP contribution in [0.25, 0.3) is 33.4 Å². The summed E-state index contributed by atoms with van der Waals surface area (Å²) in [6, 6.07) is 12.9. The number of hydrogen-bond acceptors (Lipinski definition) is 2. The van der Waals surface area contributed by atoms with E-state index in [0.717, 1.165) is 58.6 Å². The predicted molar refractivity (Wildman–Crippen MR) is 91.0 cm³/mol. The van der Waals surface area contributed by atoms with E-state index in [-0.39, 0.29) is 5.82 Å². The van der Waals surface area contributed by atoms with Gasteiger partial charge in [-0.25, -0.2) is 9.37 Å². The molecule has 0 radical (unpaired) electrons. The third-order valence-electron chi connectivity index (χ3n) is 4.64. The normalized spacial score (nSPS) is 13.5. The fourth-order valence-electron chi connectivity index (χ4n) is 3.55. The molecule has 24 heavy (non-hydrogen) atoms. The lowest BCUT2D eigenvalue weighted by Gasteiger charge is -2.09. The van der Waals surface area contributed by atoms with Gasteiger partial charge in [0.15, 0.2) is 0 Å². The largest absolute Gasteiger partial charge is 0.327 e. The van der Waals surface area contributed by atoms with Gasteiger partial charge in [0.25, 0.3) is 0 Å². The second kappa shape index (κ2) is 5.03. The zero-order chi connectivity index (χ0) is 16.1. The summed E-state index contributed by atoms with van der Waals surface area (Å²) in [5, 5.41) is 8.13. The van der Waals surface area contributed by atoms with E-state index in [0.29, 0.717) is 0 Å². The summed E-state index contributed by atoms with van der Waals surface area (Å²) < 4.78 is 16.0. The molecule has 0 amide bonds. The summed E-state index contributed by atoms with van der Waals surface area (Å²) in [6.45, 7) is 0.955. The topological polar surface area (TPSA) is 46.5 Å². The van der Waals surface area contributed by atoms with E-state index in [4.69, 9.17) is 4.98 Å². The van der Waals surface area contributed by atoms with Gasteiger partial charge in [0.05, 0.1) is 23.1 Å². The summed E-state index contributed by atoms with van der Waals surface area (Å²) in [6.07, 6.45) is 3.89. The summed E-state index contributed by atoms with van der Waals surface area (Å²) in [7, 11) is 0. The highest BCUT2D eigenvalue weighted by Crippen LogP contribution is 2.36. The van der Waals surface area contributed by atoms with E-state index in [1.54, 1.807) is 12.1 Å². The molecule has 3 heterocycles. The van der Waals surface area contributed by atoms with Gasteiger partial charge >= 0.3 is 0 Å². The maximum atomic E-state index is 13.7. The zero-order valence-corrected chi connectivity index (χ0v) is 13.0. The predicted octanol–water partition coefficient (Wildman–Crippen LogP) is 4.18. The van der Waals surface area contributed by atoms with E-state index in [1.165, 1.54) is 6.07 Å². The molecule has 0 spiro atoms. The van der Waals surface area contributed by atoms with Crippen molar-refractivity contribution in [1.82, 2.24) is 19.7 Å². The number of fused-ring (bicyclic) bond motifs is 2. The molecule has 118 valence electrons. The average Bonchev–Trinajstić information content (AvgIpc) is 3.29. The van der Waals surface area contributed by atoms with Crippen molar-refractivity contribution in [2.75, 3.05) is 0 Å². The van der Waals surface area contributed by atoms with Gasteiger partial charge < -0.3 is 4.57 Å². The molecule has 2 aromatic carbocycles. The molecule has 5 rings (SSSR count). The molecular formula is C19H15FN4. The van der Waals surface area contributed by atoms with Gasteiger partial charge in [-0.05, 0) is 30.7 Å². The van der Waals surface area contributed by atoms with E-state index >= 15 is 0 Å². The lowest BCUT2D eigenvalue weighted by Crippen LogP contribution is -1.96. The van der Waals surface area contributed by atoms with Gasteiger partial charge in [0, 0.05) is 29.5 Å². The van der Waals surface area contributed by atoms with E-state index in [1.807, 2.05) is 18.3 Å². The van der Waals surface area contributed by atoms with Gasteiger partial charge in [-0.15, -0.1) is 0 Å². The van der Waals surface area contributed by atoms with Gasteiger partial charge in [0.2, 0.25) is 0 Å². The standard InChI is InChI=1S/C19H15FN4/c20-15-4-1-3-12(10-15)18-19(24-8-2-5-17(24)22-18)13-6-7-16-14(9-13)11-21-23-16/h1,3-4,6-7,9-11H,2,5,8H2,(H,21,23). The molecule has 1 aliphatic rings. The molecule has 1 aliphatic heterocycles. The van der Waals surface area contributed by atoms with Crippen molar-refractivity contribution in [2.24, 2.45) is 0 Å². The van der Waals surface area contributed by atoms with E-state index < -0.39 is 0 Å².